The first-order valence-corrected chi connectivity index (χ1v) is 13.0. The minimum absolute atomic E-state index is 0.0147. The summed E-state index contributed by atoms with van der Waals surface area (Å²) < 4.78 is 53.3. The van der Waals surface area contributed by atoms with Gasteiger partial charge in [-0.05, 0) is 43.2 Å². The van der Waals surface area contributed by atoms with Crippen LogP contribution in [0.3, 0.4) is 0 Å². The van der Waals surface area contributed by atoms with Crippen molar-refractivity contribution in [3.63, 3.8) is 0 Å². The van der Waals surface area contributed by atoms with Gasteiger partial charge in [0.1, 0.15) is 5.82 Å². The lowest BCUT2D eigenvalue weighted by molar-refractivity contribution is 0.0403. The summed E-state index contributed by atoms with van der Waals surface area (Å²) >= 11 is 0. The van der Waals surface area contributed by atoms with E-state index in [2.05, 4.69) is 15.2 Å². The number of likely N-dealkylation sites (tertiary alicyclic amines) is 1. The fourth-order valence-corrected chi connectivity index (χ4v) is 5.27. The molecule has 2 aliphatic rings. The maximum atomic E-state index is 14.3. The molecule has 210 valence electrons. The molecule has 5 heterocycles. The van der Waals surface area contributed by atoms with Gasteiger partial charge in [-0.25, -0.2) is 14.0 Å². The van der Waals surface area contributed by atoms with Gasteiger partial charge in [0.05, 0.1) is 42.0 Å². The summed E-state index contributed by atoms with van der Waals surface area (Å²) in [5.41, 5.74) is 1.58. The summed E-state index contributed by atoms with van der Waals surface area (Å²) in [6.07, 6.45) is -0.311. The molecule has 2 amide bonds. The molecule has 1 aromatic carbocycles. The van der Waals surface area contributed by atoms with E-state index in [9.17, 15) is 22.8 Å². The Morgan fingerprint density at radius 1 is 1.00 bits per heavy atom. The molecule has 0 unspecified atom stereocenters. The zero-order valence-corrected chi connectivity index (χ0v) is 21.4. The minimum Gasteiger partial charge on any atom is -0.415 e. The van der Waals surface area contributed by atoms with Gasteiger partial charge in [-0.15, -0.1) is 10.2 Å². The maximum Gasteiger partial charge on any atom is 0.329 e. The highest BCUT2D eigenvalue weighted by molar-refractivity contribution is 5.77. The van der Waals surface area contributed by atoms with Crippen LogP contribution >= 0.6 is 0 Å². The SMILES string of the molecule is O=C(N1CCOCC1)N1CCC(n2c(=O)n(Cc3ccc(-c4nnc(C(F)F)o4)cn3)c3cc(F)ccc32)CC1. The van der Waals surface area contributed by atoms with E-state index < -0.39 is 18.1 Å². The number of pyridine rings is 1. The van der Waals surface area contributed by atoms with Crippen LogP contribution in [-0.4, -0.2) is 79.5 Å². The van der Waals surface area contributed by atoms with Gasteiger partial charge in [-0.1, -0.05) is 0 Å². The Morgan fingerprint density at radius 2 is 1.75 bits per heavy atom. The zero-order chi connectivity index (χ0) is 27.8. The predicted molar refractivity (Wildman–Crippen MR) is 135 cm³/mol. The van der Waals surface area contributed by atoms with Gasteiger partial charge in [-0.2, -0.15) is 8.78 Å². The molecule has 40 heavy (non-hydrogen) atoms. The van der Waals surface area contributed by atoms with Gasteiger partial charge in [0.15, 0.2) is 0 Å². The number of alkyl halides is 2. The van der Waals surface area contributed by atoms with Crippen LogP contribution in [0.2, 0.25) is 0 Å². The standard InChI is InChI=1S/C26H26F3N7O4/c27-17-2-4-20-21(13-17)35(15-18-3-1-16(14-30-18)23-31-32-24(40-23)22(28)29)26(38)36(20)19-5-7-33(8-6-19)25(37)34-9-11-39-12-10-34/h1-4,13-14,19,22H,5-12,15H2. The van der Waals surface area contributed by atoms with Crippen molar-refractivity contribution in [2.75, 3.05) is 39.4 Å². The van der Waals surface area contributed by atoms with Crippen molar-refractivity contribution in [1.29, 1.82) is 0 Å². The number of piperidine rings is 1. The molecule has 4 aromatic rings. The van der Waals surface area contributed by atoms with Crippen molar-refractivity contribution in [2.24, 2.45) is 0 Å². The average molecular weight is 558 g/mol. The summed E-state index contributed by atoms with van der Waals surface area (Å²) in [6, 6.07) is 7.27. The average Bonchev–Trinajstić information content (AvgIpc) is 3.57. The summed E-state index contributed by atoms with van der Waals surface area (Å²) in [7, 11) is 0. The van der Waals surface area contributed by atoms with Crippen molar-refractivity contribution in [1.82, 2.24) is 34.1 Å². The Balaban J connectivity index is 1.23. The maximum absolute atomic E-state index is 14.3. The number of imidazole rings is 1. The monoisotopic (exact) mass is 557 g/mol. The summed E-state index contributed by atoms with van der Waals surface area (Å²) in [5, 5.41) is 6.93. The molecule has 2 saturated heterocycles. The number of halogens is 3. The quantitative estimate of drug-likeness (QED) is 0.370. The van der Waals surface area contributed by atoms with Crippen LogP contribution < -0.4 is 5.69 Å². The van der Waals surface area contributed by atoms with E-state index in [1.165, 1.54) is 22.9 Å². The minimum atomic E-state index is -2.88. The Morgan fingerprint density at radius 3 is 2.42 bits per heavy atom. The normalized spacial score (nSPS) is 16.8. The number of rotatable bonds is 5. The zero-order valence-electron chi connectivity index (χ0n) is 21.4. The number of morpholine rings is 1. The Bertz CT molecular complexity index is 1570. The van der Waals surface area contributed by atoms with Crippen LogP contribution in [0.5, 0.6) is 0 Å². The van der Waals surface area contributed by atoms with Crippen LogP contribution in [0, 0.1) is 5.82 Å². The summed E-state index contributed by atoms with van der Waals surface area (Å²) in [4.78, 5) is 34.5. The molecule has 0 atom stereocenters. The second-order valence-corrected chi connectivity index (χ2v) is 9.76. The number of hydrogen-bond acceptors (Lipinski definition) is 7. The van der Waals surface area contributed by atoms with Gasteiger partial charge < -0.3 is 19.0 Å². The number of amides is 2. The third-order valence-electron chi connectivity index (χ3n) is 7.33. The van der Waals surface area contributed by atoms with E-state index in [1.54, 1.807) is 27.7 Å². The second-order valence-electron chi connectivity index (χ2n) is 9.76. The number of benzene rings is 1. The van der Waals surface area contributed by atoms with E-state index >= 15 is 0 Å². The Hall–Kier alpha value is -4.20. The molecular weight excluding hydrogens is 531 g/mol. The van der Waals surface area contributed by atoms with E-state index in [1.807, 2.05) is 4.90 Å². The van der Waals surface area contributed by atoms with Gasteiger partial charge in [0.2, 0.25) is 5.89 Å². The van der Waals surface area contributed by atoms with Gasteiger partial charge in [0, 0.05) is 38.4 Å². The molecule has 3 aromatic heterocycles. The number of aromatic nitrogens is 5. The van der Waals surface area contributed by atoms with Crippen LogP contribution in [-0.2, 0) is 11.3 Å². The molecule has 0 bridgehead atoms. The van der Waals surface area contributed by atoms with Crippen molar-refractivity contribution < 1.29 is 27.1 Å². The first-order valence-electron chi connectivity index (χ1n) is 13.0. The van der Waals surface area contributed by atoms with Crippen molar-refractivity contribution in [3.8, 4) is 11.5 Å². The Kier molecular flexibility index (Phi) is 7.00. The van der Waals surface area contributed by atoms with E-state index in [-0.39, 0.29) is 30.2 Å². The van der Waals surface area contributed by atoms with Crippen LogP contribution in [0.15, 0.2) is 45.7 Å². The molecule has 14 heteroatoms. The molecular formula is C26H26F3N7O4. The first kappa shape index (κ1) is 26.0. The van der Waals surface area contributed by atoms with E-state index in [0.717, 1.165) is 0 Å². The smallest absolute Gasteiger partial charge is 0.329 e. The fourth-order valence-electron chi connectivity index (χ4n) is 5.27. The van der Waals surface area contributed by atoms with Crippen molar-refractivity contribution >= 4 is 17.1 Å². The molecule has 2 fully saturated rings. The highest BCUT2D eigenvalue weighted by Gasteiger charge is 2.30. The van der Waals surface area contributed by atoms with Gasteiger partial charge in [0.25, 0.3) is 5.89 Å². The number of carbonyl (C=O) groups excluding carboxylic acids is 1. The highest BCUT2D eigenvalue weighted by Crippen LogP contribution is 2.28. The molecule has 0 N–H and O–H groups in total. The lowest BCUT2D eigenvalue weighted by Gasteiger charge is -2.37. The van der Waals surface area contributed by atoms with Crippen LogP contribution in [0.25, 0.3) is 22.5 Å². The Labute approximate surface area is 225 Å². The van der Waals surface area contributed by atoms with Crippen LogP contribution in [0.1, 0.15) is 36.9 Å². The lowest BCUT2D eigenvalue weighted by Crippen LogP contribution is -2.50. The largest absolute Gasteiger partial charge is 0.415 e. The van der Waals surface area contributed by atoms with Crippen LogP contribution in [0.4, 0.5) is 18.0 Å². The predicted octanol–water partition coefficient (Wildman–Crippen LogP) is 3.46. The molecule has 0 spiro atoms. The molecule has 0 radical (unpaired) electrons. The number of nitrogens with zero attached hydrogens (tertiary/aromatic N) is 7. The summed E-state index contributed by atoms with van der Waals surface area (Å²) in [5.74, 6) is -1.35. The number of hydrogen-bond donors (Lipinski definition) is 0. The molecule has 2 aliphatic heterocycles. The van der Waals surface area contributed by atoms with E-state index in [0.29, 0.717) is 74.5 Å². The van der Waals surface area contributed by atoms with E-state index in [4.69, 9.17) is 9.15 Å². The molecule has 0 saturated carbocycles. The number of fused-ring (bicyclic) bond motifs is 1. The topological polar surface area (TPSA) is 112 Å². The second kappa shape index (κ2) is 10.8. The van der Waals surface area contributed by atoms with Crippen molar-refractivity contribution in [3.05, 3.63) is 64.4 Å². The number of urea groups is 1. The third kappa shape index (κ3) is 4.94. The molecule has 6 rings (SSSR count). The lowest BCUT2D eigenvalue weighted by atomic mass is 10.0. The fraction of sp³-hybridized carbons (Fsp3) is 0.423. The molecule has 0 aliphatic carbocycles. The third-order valence-corrected chi connectivity index (χ3v) is 7.33. The van der Waals surface area contributed by atoms with Crippen molar-refractivity contribution in [2.45, 2.75) is 31.9 Å². The van der Waals surface area contributed by atoms with Gasteiger partial charge >= 0.3 is 18.1 Å². The summed E-state index contributed by atoms with van der Waals surface area (Å²) in [6.45, 7) is 3.27. The number of ether oxygens (including phenoxy) is 1. The molecule has 11 nitrogen and oxygen atoms in total. The van der Waals surface area contributed by atoms with Gasteiger partial charge in [-0.3, -0.25) is 14.1 Å². The number of carbonyl (C=O) groups is 1. The highest BCUT2D eigenvalue weighted by atomic mass is 19.3. The first-order chi connectivity index (χ1) is 19.4.